The van der Waals surface area contributed by atoms with Gasteiger partial charge in [-0.2, -0.15) is 0 Å². The molecule has 3 aliphatic heterocycles. The van der Waals surface area contributed by atoms with Crippen LogP contribution in [0.5, 0.6) is 0 Å². The van der Waals surface area contributed by atoms with E-state index < -0.39 is 47.7 Å². The Labute approximate surface area is 299 Å². The lowest BCUT2D eigenvalue weighted by atomic mass is 9.85. The number of nitrogens with zero attached hydrogens (tertiary/aromatic N) is 2. The number of hydrogen-bond donors (Lipinski definition) is 4. The molecule has 1 aliphatic carbocycles. The molecular weight excluding hydrogens is 640 g/mol. The second kappa shape index (κ2) is 18.0. The summed E-state index contributed by atoms with van der Waals surface area (Å²) in [5, 5.41) is 43.4. The van der Waals surface area contributed by atoms with Gasteiger partial charge in [0.25, 0.3) is 0 Å². The van der Waals surface area contributed by atoms with Crippen LogP contribution in [0.2, 0.25) is 0 Å². The minimum absolute atomic E-state index is 0.0100. The Morgan fingerprint density at radius 1 is 1.18 bits per heavy atom. The van der Waals surface area contributed by atoms with E-state index in [1.54, 1.807) is 49.1 Å². The molecule has 11 heteroatoms. The fraction of sp³-hybridized carbons (Fsp3) is 0.795. The molecule has 50 heavy (non-hydrogen) atoms. The molecule has 1 saturated carbocycles. The van der Waals surface area contributed by atoms with Crippen LogP contribution in [0.15, 0.2) is 36.0 Å². The molecule has 11 nitrogen and oxygen atoms in total. The van der Waals surface area contributed by atoms with Crippen molar-refractivity contribution in [3.05, 3.63) is 36.0 Å². The number of hydrogen-bond acceptors (Lipinski definition) is 10. The number of aliphatic hydroxyl groups excluding tert-OH is 2. The molecule has 0 aromatic carbocycles. The third kappa shape index (κ3) is 11.9. The molecule has 10 atom stereocenters. The summed E-state index contributed by atoms with van der Waals surface area (Å²) >= 11 is 0. The minimum atomic E-state index is -1.48. The first-order valence-corrected chi connectivity index (χ1v) is 19.0. The maximum atomic E-state index is 13.5. The number of epoxide rings is 1. The molecule has 0 radical (unpaired) electrons. The predicted octanol–water partition coefficient (Wildman–Crippen LogP) is 4.52. The van der Waals surface area contributed by atoms with E-state index in [9.17, 15) is 30.0 Å². The summed E-state index contributed by atoms with van der Waals surface area (Å²) in [5.74, 6) is -0.171. The number of aliphatic hydroxyl groups is 4. The first-order valence-electron chi connectivity index (χ1n) is 19.0. The summed E-state index contributed by atoms with van der Waals surface area (Å²) in [6, 6.07) is 0. The molecule has 0 aromatic rings. The SMILES string of the molecule is CCC(O)C(C)C1OC1CC(C)(O)C=CC=C(C)C1OC(=O)CC(O)CCC(C)(O)C(OC(=O)N2CCCN(CC3CCC3)CC2)C=CC1C. The van der Waals surface area contributed by atoms with Crippen molar-refractivity contribution in [2.24, 2.45) is 17.8 Å². The highest BCUT2D eigenvalue weighted by atomic mass is 16.6. The smallest absolute Gasteiger partial charge is 0.410 e. The average molecular weight is 705 g/mol. The molecule has 3 fully saturated rings. The highest BCUT2D eigenvalue weighted by Crippen LogP contribution is 2.37. The average Bonchev–Trinajstić information content (AvgIpc) is 3.83. The Balaban J connectivity index is 1.43. The lowest BCUT2D eigenvalue weighted by Gasteiger charge is -2.34. The third-order valence-corrected chi connectivity index (χ3v) is 11.2. The molecule has 4 rings (SSSR count). The topological polar surface area (TPSA) is 153 Å². The molecule has 2 saturated heterocycles. The van der Waals surface area contributed by atoms with Gasteiger partial charge < -0.3 is 44.4 Å². The predicted molar refractivity (Wildman–Crippen MR) is 191 cm³/mol. The van der Waals surface area contributed by atoms with Crippen molar-refractivity contribution in [2.75, 3.05) is 32.7 Å². The molecule has 4 N–H and O–H groups in total. The molecule has 0 spiro atoms. The van der Waals surface area contributed by atoms with Crippen LogP contribution >= 0.6 is 0 Å². The van der Waals surface area contributed by atoms with Crippen molar-refractivity contribution < 1.29 is 44.2 Å². The molecule has 0 aromatic heterocycles. The van der Waals surface area contributed by atoms with Gasteiger partial charge in [-0.15, -0.1) is 0 Å². The third-order valence-electron chi connectivity index (χ3n) is 11.2. The quantitative estimate of drug-likeness (QED) is 0.105. The summed E-state index contributed by atoms with van der Waals surface area (Å²) < 4.78 is 17.6. The summed E-state index contributed by atoms with van der Waals surface area (Å²) in [4.78, 5) is 30.5. The Morgan fingerprint density at radius 2 is 1.92 bits per heavy atom. The van der Waals surface area contributed by atoms with Crippen molar-refractivity contribution in [2.45, 2.75) is 147 Å². The molecule has 3 heterocycles. The van der Waals surface area contributed by atoms with Gasteiger partial charge in [-0.1, -0.05) is 51.5 Å². The van der Waals surface area contributed by atoms with Gasteiger partial charge in [0.15, 0.2) is 6.10 Å². The Morgan fingerprint density at radius 3 is 2.60 bits per heavy atom. The van der Waals surface area contributed by atoms with E-state index >= 15 is 0 Å². The number of ether oxygens (including phenoxy) is 3. The number of rotatable bonds is 11. The van der Waals surface area contributed by atoms with Crippen LogP contribution in [0.4, 0.5) is 4.79 Å². The number of cyclic esters (lactones) is 1. The molecule has 4 aliphatic rings. The largest absolute Gasteiger partial charge is 0.457 e. The zero-order chi connectivity index (χ0) is 36.6. The Hall–Kier alpha value is -2.28. The zero-order valence-corrected chi connectivity index (χ0v) is 31.2. The van der Waals surface area contributed by atoms with E-state index in [1.807, 2.05) is 27.7 Å². The van der Waals surface area contributed by atoms with Crippen molar-refractivity contribution in [1.29, 1.82) is 0 Å². The van der Waals surface area contributed by atoms with Crippen molar-refractivity contribution >= 4 is 12.1 Å². The molecule has 1 amide bonds. The molecule has 284 valence electrons. The number of esters is 1. The van der Waals surface area contributed by atoms with Crippen LogP contribution in [-0.4, -0.2) is 123 Å². The first-order chi connectivity index (χ1) is 23.6. The monoisotopic (exact) mass is 704 g/mol. The lowest BCUT2D eigenvalue weighted by molar-refractivity contribution is -0.151. The van der Waals surface area contributed by atoms with Gasteiger partial charge in [-0.05, 0) is 83.4 Å². The Bertz CT molecular complexity index is 1210. The van der Waals surface area contributed by atoms with Gasteiger partial charge in [0, 0.05) is 44.4 Å². The highest BCUT2D eigenvalue weighted by Gasteiger charge is 2.47. The van der Waals surface area contributed by atoms with Gasteiger partial charge >= 0.3 is 12.1 Å². The van der Waals surface area contributed by atoms with Gasteiger partial charge in [0.05, 0.1) is 36.4 Å². The first kappa shape index (κ1) is 40.5. The number of carbonyl (C=O) groups excluding carboxylic acids is 2. The van der Waals surface area contributed by atoms with Crippen LogP contribution < -0.4 is 0 Å². The van der Waals surface area contributed by atoms with E-state index in [0.717, 1.165) is 32.0 Å². The Kier molecular flexibility index (Phi) is 14.6. The second-order valence-corrected chi connectivity index (χ2v) is 16.0. The fourth-order valence-corrected chi connectivity index (χ4v) is 7.36. The fourth-order valence-electron chi connectivity index (χ4n) is 7.36. The number of allylic oxidation sites excluding steroid dienone is 2. The summed E-state index contributed by atoms with van der Waals surface area (Å²) in [6.07, 6.45) is 10.6. The standard InChI is InChI=1S/C39H64N2O9/c1-7-31(43)28(4)36-32(48-36)24-38(5,46)17-9-11-26(2)35-27(3)14-15-33(39(6,47)18-16-30(42)23-34(44)50-35)49-37(45)41-20-10-19-40(21-22-41)25-29-12-8-13-29/h9,11,14-15,17,27-33,35-36,42-43,46-47H,7-8,10,12-13,16,18-25H2,1-6H3. The zero-order valence-electron chi connectivity index (χ0n) is 31.2. The van der Waals surface area contributed by atoms with Crippen LogP contribution in [0.3, 0.4) is 0 Å². The second-order valence-electron chi connectivity index (χ2n) is 16.0. The maximum Gasteiger partial charge on any atom is 0.410 e. The minimum Gasteiger partial charge on any atom is -0.457 e. The number of carbonyl (C=O) groups is 2. The van der Waals surface area contributed by atoms with E-state index in [4.69, 9.17) is 14.2 Å². The maximum absolute atomic E-state index is 13.5. The van der Waals surface area contributed by atoms with Crippen LogP contribution in [0.1, 0.15) is 99.3 Å². The van der Waals surface area contributed by atoms with Crippen LogP contribution in [0, 0.1) is 17.8 Å². The van der Waals surface area contributed by atoms with Crippen molar-refractivity contribution in [1.82, 2.24) is 9.80 Å². The van der Waals surface area contributed by atoms with Crippen LogP contribution in [-0.2, 0) is 19.0 Å². The summed E-state index contributed by atoms with van der Waals surface area (Å²) in [6.45, 7) is 14.9. The molecular formula is C39H64N2O9. The van der Waals surface area contributed by atoms with Crippen molar-refractivity contribution in [3.8, 4) is 0 Å². The lowest BCUT2D eigenvalue weighted by Crippen LogP contribution is -2.46. The van der Waals surface area contributed by atoms with E-state index in [-0.39, 0.29) is 43.3 Å². The van der Waals surface area contributed by atoms with E-state index in [2.05, 4.69) is 4.90 Å². The summed E-state index contributed by atoms with van der Waals surface area (Å²) in [5.41, 5.74) is -1.93. The van der Waals surface area contributed by atoms with Crippen molar-refractivity contribution in [3.63, 3.8) is 0 Å². The number of amides is 1. The molecule has 10 unspecified atom stereocenters. The van der Waals surface area contributed by atoms with Gasteiger partial charge in [0.2, 0.25) is 0 Å². The van der Waals surface area contributed by atoms with E-state index in [1.165, 1.54) is 19.3 Å². The normalized spacial score (nSPS) is 34.8. The van der Waals surface area contributed by atoms with Crippen LogP contribution in [0.25, 0.3) is 0 Å². The molecule has 0 bridgehead atoms. The van der Waals surface area contributed by atoms with Gasteiger partial charge in [0.1, 0.15) is 11.7 Å². The summed E-state index contributed by atoms with van der Waals surface area (Å²) in [7, 11) is 0. The highest BCUT2D eigenvalue weighted by molar-refractivity contribution is 5.70. The van der Waals surface area contributed by atoms with E-state index in [0.29, 0.717) is 31.5 Å². The van der Waals surface area contributed by atoms with Gasteiger partial charge in [-0.25, -0.2) is 4.79 Å². The van der Waals surface area contributed by atoms with Gasteiger partial charge in [-0.3, -0.25) is 4.79 Å².